The molecule has 8 heteroatoms. The molecule has 31 heavy (non-hydrogen) atoms. The first-order valence-corrected chi connectivity index (χ1v) is 13.6. The highest BCUT2D eigenvalue weighted by atomic mass is 79.9. The van der Waals surface area contributed by atoms with Crippen molar-refractivity contribution in [3.8, 4) is 0 Å². The van der Waals surface area contributed by atoms with Gasteiger partial charge in [0.25, 0.3) is 0 Å². The molecule has 171 valence electrons. The Morgan fingerprint density at radius 2 is 1.87 bits per heavy atom. The van der Waals surface area contributed by atoms with Gasteiger partial charge < -0.3 is 13.7 Å². The van der Waals surface area contributed by atoms with Crippen LogP contribution in [0.2, 0.25) is 13.1 Å². The van der Waals surface area contributed by atoms with Gasteiger partial charge in [-0.15, -0.1) is 0 Å². The smallest absolute Gasteiger partial charge is 0.343 e. The van der Waals surface area contributed by atoms with E-state index in [0.717, 1.165) is 0 Å². The minimum absolute atomic E-state index is 0.0429. The SMILES string of the molecule is CCOC(=O)c1cn(C(CO[Si](C)C)(C(C)C)C(C)(C)C)c2cc(F)c(Br)cc2c1=O. The van der Waals surface area contributed by atoms with Crippen molar-refractivity contribution in [2.24, 2.45) is 11.3 Å². The van der Waals surface area contributed by atoms with Crippen LogP contribution < -0.4 is 5.43 Å². The molecule has 0 aliphatic heterocycles. The fourth-order valence-electron chi connectivity index (χ4n) is 4.22. The second-order valence-corrected chi connectivity index (χ2v) is 12.2. The number of carbonyl (C=O) groups excluding carboxylic acids is 1. The van der Waals surface area contributed by atoms with E-state index >= 15 is 0 Å². The summed E-state index contributed by atoms with van der Waals surface area (Å²) in [5.41, 5.74) is -1.14. The number of nitrogens with zero attached hydrogens (tertiary/aromatic N) is 1. The summed E-state index contributed by atoms with van der Waals surface area (Å²) >= 11 is 3.18. The average molecular weight is 514 g/mol. The topological polar surface area (TPSA) is 57.5 Å². The molecule has 2 aromatic rings. The maximum Gasteiger partial charge on any atom is 0.343 e. The largest absolute Gasteiger partial charge is 0.462 e. The highest BCUT2D eigenvalue weighted by molar-refractivity contribution is 9.10. The molecule has 0 bridgehead atoms. The molecule has 0 amide bonds. The monoisotopic (exact) mass is 512 g/mol. The van der Waals surface area contributed by atoms with E-state index in [0.29, 0.717) is 12.1 Å². The number of carbonyl (C=O) groups is 1. The molecule has 0 aliphatic carbocycles. The van der Waals surface area contributed by atoms with Crippen LogP contribution in [0.5, 0.6) is 0 Å². The molecule has 0 N–H and O–H groups in total. The Morgan fingerprint density at radius 1 is 1.26 bits per heavy atom. The van der Waals surface area contributed by atoms with Crippen molar-refractivity contribution < 1.29 is 18.3 Å². The van der Waals surface area contributed by atoms with E-state index in [1.165, 1.54) is 18.3 Å². The van der Waals surface area contributed by atoms with Gasteiger partial charge in [-0.2, -0.15) is 0 Å². The van der Waals surface area contributed by atoms with Crippen LogP contribution in [0.25, 0.3) is 10.9 Å². The Bertz CT molecular complexity index is 1030. The van der Waals surface area contributed by atoms with Gasteiger partial charge in [-0.05, 0) is 59.4 Å². The van der Waals surface area contributed by atoms with Crippen LogP contribution in [0, 0.1) is 17.2 Å². The van der Waals surface area contributed by atoms with Crippen LogP contribution in [0.4, 0.5) is 4.39 Å². The summed E-state index contributed by atoms with van der Waals surface area (Å²) in [6.07, 6.45) is 1.53. The summed E-state index contributed by atoms with van der Waals surface area (Å²) < 4.78 is 28.1. The molecule has 1 atom stereocenters. The number of ether oxygens (including phenoxy) is 1. The lowest BCUT2D eigenvalue weighted by Gasteiger charge is -2.50. The summed E-state index contributed by atoms with van der Waals surface area (Å²) in [5.74, 6) is -1.12. The Morgan fingerprint density at radius 3 is 2.35 bits per heavy atom. The number of hydrogen-bond donors (Lipinski definition) is 0. The summed E-state index contributed by atoms with van der Waals surface area (Å²) in [5, 5.41) is 0.256. The quantitative estimate of drug-likeness (QED) is 0.350. The summed E-state index contributed by atoms with van der Waals surface area (Å²) in [6.45, 7) is 16.8. The van der Waals surface area contributed by atoms with E-state index in [9.17, 15) is 14.0 Å². The van der Waals surface area contributed by atoms with Crippen LogP contribution in [0.1, 0.15) is 51.9 Å². The fraction of sp³-hybridized carbons (Fsp3) is 0.565. The third-order valence-corrected chi connectivity index (χ3v) is 7.13. The second-order valence-electron chi connectivity index (χ2n) is 9.27. The van der Waals surface area contributed by atoms with Gasteiger partial charge in [0.2, 0.25) is 14.5 Å². The second kappa shape index (κ2) is 9.54. The number of rotatable bonds is 7. The molecule has 0 aliphatic rings. The normalized spacial score (nSPS) is 14.3. The summed E-state index contributed by atoms with van der Waals surface area (Å²) in [7, 11) is -1.03. The molecule has 1 radical (unpaired) electrons. The molecule has 1 aromatic heterocycles. The first-order chi connectivity index (χ1) is 14.3. The van der Waals surface area contributed by atoms with E-state index in [-0.39, 0.29) is 33.4 Å². The lowest BCUT2D eigenvalue weighted by Crippen LogP contribution is -2.54. The number of aromatic nitrogens is 1. The molecule has 0 saturated heterocycles. The van der Waals surface area contributed by atoms with Crippen LogP contribution in [-0.4, -0.2) is 32.8 Å². The molecule has 2 rings (SSSR count). The number of benzene rings is 1. The Hall–Kier alpha value is -1.51. The third kappa shape index (κ3) is 4.81. The Labute approximate surface area is 193 Å². The van der Waals surface area contributed by atoms with Crippen molar-refractivity contribution in [1.82, 2.24) is 4.57 Å². The average Bonchev–Trinajstić information content (AvgIpc) is 2.63. The lowest BCUT2D eigenvalue weighted by atomic mass is 9.67. The van der Waals surface area contributed by atoms with Gasteiger partial charge in [-0.3, -0.25) is 4.79 Å². The summed E-state index contributed by atoms with van der Waals surface area (Å²) in [4.78, 5) is 25.9. The van der Waals surface area contributed by atoms with Crippen LogP contribution >= 0.6 is 15.9 Å². The lowest BCUT2D eigenvalue weighted by molar-refractivity contribution is -0.00204. The molecule has 1 aromatic carbocycles. The standard InChI is InChI=1S/C23H32BrFNO4Si/c1-9-29-21(28)16-12-26(19-11-18(25)17(24)10-15(19)20(16)27)23(14(2)3,22(4,5)6)13-30-31(7)8/h10-12,14H,9,13H2,1-8H3. The molecular weight excluding hydrogens is 481 g/mol. The highest BCUT2D eigenvalue weighted by Gasteiger charge is 2.47. The highest BCUT2D eigenvalue weighted by Crippen LogP contribution is 2.45. The van der Waals surface area contributed by atoms with Gasteiger partial charge in [0.15, 0.2) is 0 Å². The minimum Gasteiger partial charge on any atom is -0.462 e. The molecule has 1 heterocycles. The zero-order chi connectivity index (χ0) is 23.7. The number of halogens is 2. The zero-order valence-corrected chi connectivity index (χ0v) is 22.1. The maximum atomic E-state index is 14.7. The molecule has 0 fully saturated rings. The Kier molecular flexibility index (Phi) is 7.93. The van der Waals surface area contributed by atoms with E-state index in [4.69, 9.17) is 9.16 Å². The van der Waals surface area contributed by atoms with Crippen LogP contribution in [0.15, 0.2) is 27.6 Å². The number of esters is 1. The van der Waals surface area contributed by atoms with Gasteiger partial charge in [0.1, 0.15) is 11.4 Å². The molecular formula is C23H32BrFNO4Si. The van der Waals surface area contributed by atoms with E-state index < -0.39 is 31.8 Å². The first kappa shape index (κ1) is 25.7. The van der Waals surface area contributed by atoms with Crippen molar-refractivity contribution in [1.29, 1.82) is 0 Å². The number of fused-ring (bicyclic) bond motifs is 1. The first-order valence-electron chi connectivity index (χ1n) is 10.4. The number of hydrogen-bond acceptors (Lipinski definition) is 4. The van der Waals surface area contributed by atoms with Crippen molar-refractivity contribution in [3.63, 3.8) is 0 Å². The van der Waals surface area contributed by atoms with Crippen LogP contribution in [0.3, 0.4) is 0 Å². The van der Waals surface area contributed by atoms with Gasteiger partial charge in [0.05, 0.1) is 28.7 Å². The predicted octanol–water partition coefficient (Wildman–Crippen LogP) is 5.74. The van der Waals surface area contributed by atoms with E-state index in [2.05, 4.69) is 63.6 Å². The van der Waals surface area contributed by atoms with Gasteiger partial charge in [-0.1, -0.05) is 34.6 Å². The predicted molar refractivity (Wildman–Crippen MR) is 128 cm³/mol. The van der Waals surface area contributed by atoms with Crippen molar-refractivity contribution in [2.45, 2.75) is 60.2 Å². The van der Waals surface area contributed by atoms with E-state index in [1.54, 1.807) is 6.92 Å². The van der Waals surface area contributed by atoms with Crippen LogP contribution in [-0.2, 0) is 14.7 Å². The van der Waals surface area contributed by atoms with Crippen molar-refractivity contribution >= 4 is 41.8 Å². The molecule has 0 spiro atoms. The molecule has 0 saturated carbocycles. The van der Waals surface area contributed by atoms with E-state index in [1.807, 2.05) is 4.57 Å². The molecule has 5 nitrogen and oxygen atoms in total. The Balaban J connectivity index is 3.07. The molecule has 1 unspecified atom stereocenters. The van der Waals surface area contributed by atoms with Gasteiger partial charge in [0, 0.05) is 11.6 Å². The van der Waals surface area contributed by atoms with Gasteiger partial charge in [-0.25, -0.2) is 9.18 Å². The minimum atomic E-state index is -1.03. The van der Waals surface area contributed by atoms with Crippen molar-refractivity contribution in [2.75, 3.05) is 13.2 Å². The summed E-state index contributed by atoms with van der Waals surface area (Å²) in [6, 6.07) is 2.79. The van der Waals surface area contributed by atoms with Gasteiger partial charge >= 0.3 is 5.97 Å². The number of pyridine rings is 1. The fourth-order valence-corrected chi connectivity index (χ4v) is 5.07. The van der Waals surface area contributed by atoms with Crippen molar-refractivity contribution in [3.05, 3.63) is 44.4 Å². The third-order valence-electron chi connectivity index (χ3n) is 5.81. The maximum absolute atomic E-state index is 14.7. The zero-order valence-electron chi connectivity index (χ0n) is 19.6.